The van der Waals surface area contributed by atoms with E-state index in [4.69, 9.17) is 9.47 Å². The van der Waals surface area contributed by atoms with E-state index >= 15 is 0 Å². The van der Waals surface area contributed by atoms with Crippen molar-refractivity contribution in [2.75, 3.05) is 33.4 Å². The average molecular weight is 255 g/mol. The van der Waals surface area contributed by atoms with Crippen LogP contribution >= 0.6 is 0 Å². The highest BCUT2D eigenvalue weighted by Gasteiger charge is 2.21. The van der Waals surface area contributed by atoms with Crippen LogP contribution in [0.2, 0.25) is 0 Å². The number of ether oxygens (including phenoxy) is 2. The largest absolute Gasteiger partial charge is 0.381 e. The molecular weight excluding hydrogens is 230 g/mol. The molecular formula is C13H25N3O2. The van der Waals surface area contributed by atoms with Gasteiger partial charge < -0.3 is 20.1 Å². The van der Waals surface area contributed by atoms with Gasteiger partial charge in [0.15, 0.2) is 5.96 Å². The molecule has 0 atom stereocenters. The molecule has 5 heteroatoms. The first-order valence-electron chi connectivity index (χ1n) is 7.05. The Morgan fingerprint density at radius 1 is 1.28 bits per heavy atom. The fourth-order valence-corrected chi connectivity index (χ4v) is 1.99. The lowest BCUT2D eigenvalue weighted by atomic mass is 10.1. The third kappa shape index (κ3) is 5.23. The molecule has 18 heavy (non-hydrogen) atoms. The zero-order valence-electron chi connectivity index (χ0n) is 11.3. The van der Waals surface area contributed by atoms with Crippen molar-refractivity contribution >= 4 is 5.96 Å². The summed E-state index contributed by atoms with van der Waals surface area (Å²) in [6.07, 6.45) is 6.04. The second-order valence-electron chi connectivity index (χ2n) is 4.95. The van der Waals surface area contributed by atoms with Gasteiger partial charge in [-0.2, -0.15) is 0 Å². The summed E-state index contributed by atoms with van der Waals surface area (Å²) in [7, 11) is 1.82. The van der Waals surface area contributed by atoms with E-state index in [0.717, 1.165) is 51.6 Å². The number of rotatable bonds is 6. The summed E-state index contributed by atoms with van der Waals surface area (Å²) >= 11 is 0. The van der Waals surface area contributed by atoms with Crippen LogP contribution in [0.3, 0.4) is 0 Å². The van der Waals surface area contributed by atoms with E-state index in [-0.39, 0.29) is 0 Å². The van der Waals surface area contributed by atoms with Crippen molar-refractivity contribution < 1.29 is 9.47 Å². The molecule has 0 aromatic rings. The minimum Gasteiger partial charge on any atom is -0.381 e. The Balaban J connectivity index is 1.46. The van der Waals surface area contributed by atoms with Crippen molar-refractivity contribution in [3.8, 4) is 0 Å². The third-order valence-corrected chi connectivity index (χ3v) is 3.28. The molecule has 2 N–H and O–H groups in total. The molecule has 0 aromatic heterocycles. The minimum atomic E-state index is 0.405. The van der Waals surface area contributed by atoms with E-state index in [0.29, 0.717) is 12.1 Å². The standard InChI is InChI=1S/C13H25N3O2/c1-14-13(16-11-3-4-11)15-7-2-8-18-12-5-9-17-10-6-12/h11-12H,2-10H2,1H3,(H2,14,15,16). The van der Waals surface area contributed by atoms with Gasteiger partial charge in [-0.05, 0) is 32.1 Å². The SMILES string of the molecule is CN=C(NCCCOC1CCOCC1)NC1CC1. The third-order valence-electron chi connectivity index (χ3n) is 3.28. The molecule has 0 aromatic carbocycles. The predicted molar refractivity (Wildman–Crippen MR) is 71.9 cm³/mol. The normalized spacial score (nSPS) is 21.9. The van der Waals surface area contributed by atoms with Gasteiger partial charge in [0, 0.05) is 39.5 Å². The number of nitrogens with one attached hydrogen (secondary N) is 2. The van der Waals surface area contributed by atoms with E-state index in [1.54, 1.807) is 0 Å². The zero-order valence-corrected chi connectivity index (χ0v) is 11.3. The van der Waals surface area contributed by atoms with Crippen molar-refractivity contribution in [3.63, 3.8) is 0 Å². The Labute approximate surface area is 109 Å². The Morgan fingerprint density at radius 2 is 2.06 bits per heavy atom. The molecule has 104 valence electrons. The maximum atomic E-state index is 5.81. The summed E-state index contributed by atoms with van der Waals surface area (Å²) in [6.45, 7) is 3.43. The average Bonchev–Trinajstić information content (AvgIpc) is 3.22. The van der Waals surface area contributed by atoms with Gasteiger partial charge in [-0.25, -0.2) is 0 Å². The van der Waals surface area contributed by atoms with Crippen LogP contribution in [0.4, 0.5) is 0 Å². The molecule has 1 aliphatic heterocycles. The van der Waals surface area contributed by atoms with Gasteiger partial charge in [0.25, 0.3) is 0 Å². The van der Waals surface area contributed by atoms with E-state index < -0.39 is 0 Å². The summed E-state index contributed by atoms with van der Waals surface area (Å²) < 4.78 is 11.1. The van der Waals surface area contributed by atoms with Crippen LogP contribution in [0.15, 0.2) is 4.99 Å². The quantitative estimate of drug-likeness (QED) is 0.421. The van der Waals surface area contributed by atoms with Crippen LogP contribution in [0.5, 0.6) is 0 Å². The topological polar surface area (TPSA) is 54.9 Å². The number of nitrogens with zero attached hydrogens (tertiary/aromatic N) is 1. The molecule has 0 bridgehead atoms. The van der Waals surface area contributed by atoms with Gasteiger partial charge >= 0.3 is 0 Å². The molecule has 1 saturated carbocycles. The molecule has 2 fully saturated rings. The molecule has 1 saturated heterocycles. The number of hydrogen-bond donors (Lipinski definition) is 2. The summed E-state index contributed by atoms with van der Waals surface area (Å²) in [5, 5.41) is 6.68. The van der Waals surface area contributed by atoms with Crippen LogP contribution in [-0.2, 0) is 9.47 Å². The minimum absolute atomic E-state index is 0.405. The highest BCUT2D eigenvalue weighted by molar-refractivity contribution is 5.80. The second kappa shape index (κ2) is 7.59. The van der Waals surface area contributed by atoms with Gasteiger partial charge in [0.05, 0.1) is 6.10 Å². The van der Waals surface area contributed by atoms with Crippen molar-refractivity contribution in [1.82, 2.24) is 10.6 Å². The Kier molecular flexibility index (Phi) is 5.74. The maximum Gasteiger partial charge on any atom is 0.191 e. The van der Waals surface area contributed by atoms with E-state index in [2.05, 4.69) is 15.6 Å². The fraction of sp³-hybridized carbons (Fsp3) is 0.923. The number of guanidine groups is 1. The van der Waals surface area contributed by atoms with E-state index in [1.165, 1.54) is 12.8 Å². The van der Waals surface area contributed by atoms with Crippen molar-refractivity contribution in [2.24, 2.45) is 4.99 Å². The van der Waals surface area contributed by atoms with Crippen LogP contribution in [0, 0.1) is 0 Å². The highest BCUT2D eigenvalue weighted by atomic mass is 16.5. The van der Waals surface area contributed by atoms with Gasteiger partial charge in [0.2, 0.25) is 0 Å². The van der Waals surface area contributed by atoms with Crippen molar-refractivity contribution in [3.05, 3.63) is 0 Å². The van der Waals surface area contributed by atoms with E-state index in [9.17, 15) is 0 Å². The van der Waals surface area contributed by atoms with Crippen molar-refractivity contribution in [2.45, 2.75) is 44.2 Å². The van der Waals surface area contributed by atoms with Crippen LogP contribution in [0.1, 0.15) is 32.1 Å². The first-order chi connectivity index (χ1) is 8.88. The predicted octanol–water partition coefficient (Wildman–Crippen LogP) is 0.899. The molecule has 1 heterocycles. The Hall–Kier alpha value is -0.810. The Morgan fingerprint density at radius 3 is 2.72 bits per heavy atom. The van der Waals surface area contributed by atoms with Gasteiger partial charge in [-0.15, -0.1) is 0 Å². The first kappa shape index (κ1) is 13.6. The highest BCUT2D eigenvalue weighted by Crippen LogP contribution is 2.18. The van der Waals surface area contributed by atoms with Crippen LogP contribution < -0.4 is 10.6 Å². The van der Waals surface area contributed by atoms with Crippen LogP contribution in [-0.4, -0.2) is 51.5 Å². The molecule has 1 aliphatic carbocycles. The molecule has 0 unspecified atom stereocenters. The smallest absolute Gasteiger partial charge is 0.191 e. The van der Waals surface area contributed by atoms with Gasteiger partial charge in [-0.1, -0.05) is 0 Å². The Bertz CT molecular complexity index is 261. The molecule has 0 spiro atoms. The lowest BCUT2D eigenvalue weighted by Gasteiger charge is -2.22. The molecule has 5 nitrogen and oxygen atoms in total. The molecule has 2 rings (SSSR count). The van der Waals surface area contributed by atoms with Gasteiger partial charge in [0.1, 0.15) is 0 Å². The summed E-state index contributed by atoms with van der Waals surface area (Å²) in [5.41, 5.74) is 0. The van der Waals surface area contributed by atoms with E-state index in [1.807, 2.05) is 7.05 Å². The molecule has 0 radical (unpaired) electrons. The number of aliphatic imine (C=N–C) groups is 1. The fourth-order valence-electron chi connectivity index (χ4n) is 1.99. The summed E-state index contributed by atoms with van der Waals surface area (Å²) in [5.74, 6) is 0.920. The lowest BCUT2D eigenvalue weighted by Crippen LogP contribution is -2.39. The second-order valence-corrected chi connectivity index (χ2v) is 4.95. The van der Waals surface area contributed by atoms with Crippen molar-refractivity contribution in [1.29, 1.82) is 0 Å². The maximum absolute atomic E-state index is 5.81. The monoisotopic (exact) mass is 255 g/mol. The molecule has 0 amide bonds. The summed E-state index contributed by atoms with van der Waals surface area (Å²) in [4.78, 5) is 4.19. The summed E-state index contributed by atoms with van der Waals surface area (Å²) in [6, 6.07) is 0.648. The number of hydrogen-bond acceptors (Lipinski definition) is 3. The zero-order chi connectivity index (χ0) is 12.6. The molecule has 2 aliphatic rings. The van der Waals surface area contributed by atoms with Crippen LogP contribution in [0.25, 0.3) is 0 Å². The lowest BCUT2D eigenvalue weighted by molar-refractivity contribution is -0.0320. The first-order valence-corrected chi connectivity index (χ1v) is 7.05. The van der Waals surface area contributed by atoms with Gasteiger partial charge in [-0.3, -0.25) is 4.99 Å².